The number of likely N-dealkylation sites (tertiary alicyclic amines) is 1. The molecule has 1 saturated carbocycles. The minimum Gasteiger partial charge on any atom is -0.394 e. The van der Waals surface area contributed by atoms with Crippen LogP contribution < -0.4 is 4.90 Å². The molecule has 0 radical (unpaired) electrons. The maximum absolute atomic E-state index is 13.0. The average molecular weight is 377 g/mol. The van der Waals surface area contributed by atoms with Crippen LogP contribution in [0.5, 0.6) is 0 Å². The molecule has 5 rings (SSSR count). The van der Waals surface area contributed by atoms with E-state index in [0.717, 1.165) is 18.7 Å². The summed E-state index contributed by atoms with van der Waals surface area (Å²) < 4.78 is 0. The van der Waals surface area contributed by atoms with Crippen molar-refractivity contribution in [2.75, 3.05) is 25.1 Å². The Kier molecular flexibility index (Phi) is 4.39. The Morgan fingerprint density at radius 1 is 1.07 bits per heavy atom. The number of amides is 1. The third-order valence-electron chi connectivity index (χ3n) is 6.94. The SMILES string of the molecule is CN1c2ccc(-c3ccccc3)cc2[C@H]2[C@H](CCN2C(=O)CC2CC2)[C@H]1CO. The molecule has 3 atom stereocenters. The summed E-state index contributed by atoms with van der Waals surface area (Å²) in [5, 5.41) is 10.1. The topological polar surface area (TPSA) is 43.8 Å². The van der Waals surface area contributed by atoms with E-state index in [1.807, 2.05) is 6.07 Å². The Labute approximate surface area is 166 Å². The highest BCUT2D eigenvalue weighted by Gasteiger charge is 2.48. The molecule has 4 heteroatoms. The number of hydrogen-bond acceptors (Lipinski definition) is 3. The monoisotopic (exact) mass is 376 g/mol. The number of aliphatic hydroxyl groups is 1. The van der Waals surface area contributed by atoms with Gasteiger partial charge in [-0.05, 0) is 54.0 Å². The Balaban J connectivity index is 1.57. The van der Waals surface area contributed by atoms with E-state index in [1.165, 1.54) is 29.5 Å². The molecule has 28 heavy (non-hydrogen) atoms. The molecule has 0 spiro atoms. The molecule has 4 nitrogen and oxygen atoms in total. The summed E-state index contributed by atoms with van der Waals surface area (Å²) in [6.45, 7) is 0.933. The number of likely N-dealkylation sites (N-methyl/N-ethyl adjacent to an activating group) is 1. The van der Waals surface area contributed by atoms with Gasteiger partial charge in [-0.15, -0.1) is 0 Å². The van der Waals surface area contributed by atoms with E-state index in [-0.39, 0.29) is 24.6 Å². The van der Waals surface area contributed by atoms with Crippen molar-refractivity contribution in [1.29, 1.82) is 0 Å². The number of hydrogen-bond donors (Lipinski definition) is 1. The normalized spacial score (nSPS) is 26.1. The van der Waals surface area contributed by atoms with Crippen molar-refractivity contribution in [3.63, 3.8) is 0 Å². The van der Waals surface area contributed by atoms with Gasteiger partial charge < -0.3 is 14.9 Å². The van der Waals surface area contributed by atoms with Crippen LogP contribution in [-0.4, -0.2) is 42.2 Å². The van der Waals surface area contributed by atoms with Gasteiger partial charge in [-0.1, -0.05) is 36.4 Å². The maximum Gasteiger partial charge on any atom is 0.223 e. The van der Waals surface area contributed by atoms with Gasteiger partial charge in [0.05, 0.1) is 18.7 Å². The quantitative estimate of drug-likeness (QED) is 0.881. The number of anilines is 1. The van der Waals surface area contributed by atoms with Crippen LogP contribution in [0.3, 0.4) is 0 Å². The standard InChI is InChI=1S/C24H28N2O2/c1-25-21-10-9-18(17-5-3-2-4-6-17)14-20(21)24-19(22(25)15-27)11-12-26(24)23(28)13-16-7-8-16/h2-6,9-10,14,16,19,22,24,27H,7-8,11-13,15H2,1H3/t19-,22-,24-/m1/s1. The van der Waals surface area contributed by atoms with Gasteiger partial charge in [-0.2, -0.15) is 0 Å². The summed E-state index contributed by atoms with van der Waals surface area (Å²) in [6.07, 6.45) is 4.05. The summed E-state index contributed by atoms with van der Waals surface area (Å²) in [7, 11) is 2.08. The first-order valence-corrected chi connectivity index (χ1v) is 10.5. The fraction of sp³-hybridized carbons (Fsp3) is 0.458. The number of carbonyl (C=O) groups is 1. The van der Waals surface area contributed by atoms with Gasteiger partial charge in [-0.25, -0.2) is 0 Å². The summed E-state index contributed by atoms with van der Waals surface area (Å²) >= 11 is 0. The summed E-state index contributed by atoms with van der Waals surface area (Å²) in [6, 6.07) is 17.2. The molecule has 2 aromatic carbocycles. The van der Waals surface area contributed by atoms with E-state index in [9.17, 15) is 9.90 Å². The largest absolute Gasteiger partial charge is 0.394 e. The molecule has 146 valence electrons. The molecule has 1 amide bonds. The van der Waals surface area contributed by atoms with Crippen LogP contribution in [0.1, 0.15) is 37.3 Å². The van der Waals surface area contributed by atoms with E-state index >= 15 is 0 Å². The Bertz CT molecular complexity index is 877. The third-order valence-corrected chi connectivity index (χ3v) is 6.94. The average Bonchev–Trinajstić information content (AvgIpc) is 3.43. The highest BCUT2D eigenvalue weighted by atomic mass is 16.3. The highest BCUT2D eigenvalue weighted by Crippen LogP contribution is 2.50. The Hall–Kier alpha value is -2.33. The number of aliphatic hydroxyl groups excluding tert-OH is 1. The van der Waals surface area contributed by atoms with Gasteiger partial charge in [-0.3, -0.25) is 4.79 Å². The lowest BCUT2D eigenvalue weighted by Crippen LogP contribution is -2.48. The number of fused-ring (bicyclic) bond motifs is 3. The fourth-order valence-corrected chi connectivity index (χ4v) is 5.23. The minimum atomic E-state index is 0.0683. The zero-order valence-corrected chi connectivity index (χ0v) is 16.4. The first kappa shape index (κ1) is 17.7. The van der Waals surface area contributed by atoms with Gasteiger partial charge in [0.25, 0.3) is 0 Å². The molecule has 2 aliphatic heterocycles. The van der Waals surface area contributed by atoms with Crippen molar-refractivity contribution in [3.8, 4) is 11.1 Å². The zero-order valence-electron chi connectivity index (χ0n) is 16.4. The maximum atomic E-state index is 13.0. The predicted octanol–water partition coefficient (Wildman–Crippen LogP) is 3.85. The summed E-state index contributed by atoms with van der Waals surface area (Å²) in [5.41, 5.74) is 4.77. The van der Waals surface area contributed by atoms with Gasteiger partial charge in [0, 0.05) is 31.6 Å². The summed E-state index contributed by atoms with van der Waals surface area (Å²) in [5.74, 6) is 1.19. The predicted molar refractivity (Wildman–Crippen MR) is 111 cm³/mol. The molecule has 0 unspecified atom stereocenters. The van der Waals surface area contributed by atoms with E-state index in [4.69, 9.17) is 0 Å². The van der Waals surface area contributed by atoms with Crippen LogP contribution in [0.2, 0.25) is 0 Å². The second-order valence-corrected chi connectivity index (χ2v) is 8.63. The lowest BCUT2D eigenvalue weighted by molar-refractivity contribution is -0.133. The molecule has 1 aliphatic carbocycles. The summed E-state index contributed by atoms with van der Waals surface area (Å²) in [4.78, 5) is 17.4. The van der Waals surface area contributed by atoms with Crippen LogP contribution in [-0.2, 0) is 4.79 Å². The molecular weight excluding hydrogens is 348 g/mol. The van der Waals surface area contributed by atoms with Gasteiger partial charge in [0.2, 0.25) is 5.91 Å². The third kappa shape index (κ3) is 2.91. The number of nitrogens with zero attached hydrogens (tertiary/aromatic N) is 2. The van der Waals surface area contributed by atoms with Gasteiger partial charge in [0.1, 0.15) is 0 Å². The van der Waals surface area contributed by atoms with Crippen LogP contribution in [0.4, 0.5) is 5.69 Å². The van der Waals surface area contributed by atoms with Crippen LogP contribution in [0.15, 0.2) is 48.5 Å². The van der Waals surface area contributed by atoms with E-state index in [0.29, 0.717) is 18.2 Å². The molecular formula is C24H28N2O2. The van der Waals surface area contributed by atoms with Crippen molar-refractivity contribution in [2.24, 2.45) is 11.8 Å². The van der Waals surface area contributed by atoms with Crippen molar-refractivity contribution in [2.45, 2.75) is 37.8 Å². The number of rotatable bonds is 4. The molecule has 3 aliphatic rings. The molecule has 2 aromatic rings. The lowest BCUT2D eigenvalue weighted by Gasteiger charge is -2.44. The second kappa shape index (κ2) is 6.93. The molecule has 2 fully saturated rings. The Morgan fingerprint density at radius 3 is 2.57 bits per heavy atom. The van der Waals surface area contributed by atoms with Crippen LogP contribution in [0.25, 0.3) is 11.1 Å². The van der Waals surface area contributed by atoms with E-state index in [1.54, 1.807) is 0 Å². The van der Waals surface area contributed by atoms with Crippen molar-refractivity contribution < 1.29 is 9.90 Å². The van der Waals surface area contributed by atoms with E-state index in [2.05, 4.69) is 59.3 Å². The number of carbonyl (C=O) groups excluding carboxylic acids is 1. The fourth-order valence-electron chi connectivity index (χ4n) is 5.23. The van der Waals surface area contributed by atoms with Crippen LogP contribution >= 0.6 is 0 Å². The van der Waals surface area contributed by atoms with E-state index < -0.39 is 0 Å². The van der Waals surface area contributed by atoms with Gasteiger partial charge in [0.15, 0.2) is 0 Å². The molecule has 1 N–H and O–H groups in total. The zero-order chi connectivity index (χ0) is 19.3. The van der Waals surface area contributed by atoms with Crippen molar-refractivity contribution in [3.05, 3.63) is 54.1 Å². The van der Waals surface area contributed by atoms with Crippen molar-refractivity contribution >= 4 is 11.6 Å². The molecule has 2 heterocycles. The van der Waals surface area contributed by atoms with Crippen LogP contribution in [0, 0.1) is 11.8 Å². The smallest absolute Gasteiger partial charge is 0.223 e. The highest BCUT2D eigenvalue weighted by molar-refractivity contribution is 5.79. The molecule has 0 bridgehead atoms. The minimum absolute atomic E-state index is 0.0683. The lowest BCUT2D eigenvalue weighted by atomic mass is 9.81. The first-order valence-electron chi connectivity index (χ1n) is 10.5. The molecule has 1 saturated heterocycles. The first-order chi connectivity index (χ1) is 13.7. The Morgan fingerprint density at radius 2 is 1.86 bits per heavy atom. The number of benzene rings is 2. The molecule has 0 aromatic heterocycles. The van der Waals surface area contributed by atoms with Crippen molar-refractivity contribution in [1.82, 2.24) is 4.90 Å². The second-order valence-electron chi connectivity index (χ2n) is 8.63. The van der Waals surface area contributed by atoms with Gasteiger partial charge >= 0.3 is 0 Å².